The second kappa shape index (κ2) is 6.71. The van der Waals surface area contributed by atoms with Crippen LogP contribution in [0.5, 0.6) is 0 Å². The van der Waals surface area contributed by atoms with E-state index in [1.54, 1.807) is 23.3 Å². The molecule has 2 rings (SSSR count). The van der Waals surface area contributed by atoms with E-state index in [1.165, 1.54) is 5.56 Å². The van der Waals surface area contributed by atoms with Crippen molar-refractivity contribution in [2.45, 2.75) is 6.42 Å². The summed E-state index contributed by atoms with van der Waals surface area (Å²) in [6.45, 7) is 0.570. The average molecular weight is 258 g/mol. The van der Waals surface area contributed by atoms with Gasteiger partial charge in [0.1, 0.15) is 6.33 Å². The lowest BCUT2D eigenvalue weighted by molar-refractivity contribution is 0.308. The summed E-state index contributed by atoms with van der Waals surface area (Å²) in [5, 5.41) is 0.431. The molecular formula is C14H14N2OS. The second-order valence-electron chi connectivity index (χ2n) is 3.69. The Balaban J connectivity index is 1.70. The van der Waals surface area contributed by atoms with Crippen molar-refractivity contribution >= 4 is 23.5 Å². The van der Waals surface area contributed by atoms with Gasteiger partial charge in [0.15, 0.2) is 0 Å². The molecule has 2 aromatic rings. The Kier molecular flexibility index (Phi) is 4.67. The average Bonchev–Trinajstić information content (AvgIpc) is 2.93. The summed E-state index contributed by atoms with van der Waals surface area (Å²) in [5.41, 5.74) is 1.19. The Morgan fingerprint density at radius 1 is 1.33 bits per heavy atom. The number of hydrogen-bond donors (Lipinski definition) is 0. The SMILES string of the molecule is S=C(OCC/C=C/c1ccccc1)n1ccnc1. The van der Waals surface area contributed by atoms with E-state index in [2.05, 4.69) is 29.3 Å². The lowest BCUT2D eigenvalue weighted by Crippen LogP contribution is -2.11. The Morgan fingerprint density at radius 2 is 2.17 bits per heavy atom. The first kappa shape index (κ1) is 12.5. The minimum atomic E-state index is 0.431. The molecule has 0 aliphatic carbocycles. The highest BCUT2D eigenvalue weighted by atomic mass is 32.1. The van der Waals surface area contributed by atoms with Crippen LogP contribution in [0.2, 0.25) is 0 Å². The lowest BCUT2D eigenvalue weighted by Gasteiger charge is -2.05. The van der Waals surface area contributed by atoms with Crippen LogP contribution in [0.15, 0.2) is 55.1 Å². The van der Waals surface area contributed by atoms with E-state index in [-0.39, 0.29) is 0 Å². The molecule has 92 valence electrons. The summed E-state index contributed by atoms with van der Waals surface area (Å²) in [4.78, 5) is 3.91. The molecule has 1 heterocycles. The summed E-state index contributed by atoms with van der Waals surface area (Å²) in [6.07, 6.45) is 10.0. The third-order valence-corrected chi connectivity index (χ3v) is 2.66. The number of imidazole rings is 1. The van der Waals surface area contributed by atoms with Gasteiger partial charge in [-0.3, -0.25) is 4.57 Å². The predicted octanol–water partition coefficient (Wildman–Crippen LogP) is 3.14. The molecular weight excluding hydrogens is 244 g/mol. The van der Waals surface area contributed by atoms with Crippen LogP contribution in [-0.2, 0) is 4.74 Å². The first-order chi connectivity index (χ1) is 8.86. The fraction of sp³-hybridized carbons (Fsp3) is 0.143. The first-order valence-corrected chi connectivity index (χ1v) is 6.14. The Hall–Kier alpha value is -1.94. The fourth-order valence-electron chi connectivity index (χ4n) is 1.44. The number of rotatable bonds is 4. The molecule has 0 unspecified atom stereocenters. The maximum atomic E-state index is 5.43. The molecule has 4 heteroatoms. The van der Waals surface area contributed by atoms with Gasteiger partial charge in [0, 0.05) is 12.4 Å². The molecule has 18 heavy (non-hydrogen) atoms. The normalized spacial score (nSPS) is 10.7. The first-order valence-electron chi connectivity index (χ1n) is 5.73. The van der Waals surface area contributed by atoms with Crippen molar-refractivity contribution < 1.29 is 4.74 Å². The molecule has 0 saturated carbocycles. The van der Waals surface area contributed by atoms with Gasteiger partial charge in [0.05, 0.1) is 6.61 Å². The Labute approximate surface area is 112 Å². The summed E-state index contributed by atoms with van der Waals surface area (Å²) in [6, 6.07) is 10.2. The summed E-state index contributed by atoms with van der Waals surface area (Å²) >= 11 is 5.09. The van der Waals surface area contributed by atoms with Gasteiger partial charge < -0.3 is 4.74 Å². The van der Waals surface area contributed by atoms with E-state index >= 15 is 0 Å². The molecule has 0 radical (unpaired) electrons. The maximum absolute atomic E-state index is 5.43. The van der Waals surface area contributed by atoms with E-state index < -0.39 is 0 Å². The van der Waals surface area contributed by atoms with Crippen LogP contribution in [0, 0.1) is 0 Å². The predicted molar refractivity (Wildman–Crippen MR) is 76.3 cm³/mol. The zero-order valence-electron chi connectivity index (χ0n) is 9.90. The number of thiocarbonyl (C=S) groups is 1. The van der Waals surface area contributed by atoms with Crippen molar-refractivity contribution in [2.75, 3.05) is 6.61 Å². The van der Waals surface area contributed by atoms with Crippen molar-refractivity contribution in [3.63, 3.8) is 0 Å². The highest BCUT2D eigenvalue weighted by Gasteiger charge is 1.97. The molecule has 0 spiro atoms. The number of hydrogen-bond acceptors (Lipinski definition) is 3. The highest BCUT2D eigenvalue weighted by molar-refractivity contribution is 7.80. The van der Waals surface area contributed by atoms with E-state index in [0.29, 0.717) is 11.8 Å². The van der Waals surface area contributed by atoms with Gasteiger partial charge in [-0.25, -0.2) is 4.98 Å². The topological polar surface area (TPSA) is 27.1 Å². The van der Waals surface area contributed by atoms with Crippen molar-refractivity contribution in [1.29, 1.82) is 0 Å². The number of benzene rings is 1. The van der Waals surface area contributed by atoms with Gasteiger partial charge in [0.2, 0.25) is 0 Å². The minimum absolute atomic E-state index is 0.431. The van der Waals surface area contributed by atoms with Crippen LogP contribution < -0.4 is 0 Å². The van der Waals surface area contributed by atoms with Crippen LogP contribution in [-0.4, -0.2) is 21.3 Å². The van der Waals surface area contributed by atoms with Crippen molar-refractivity contribution in [3.05, 3.63) is 60.7 Å². The molecule has 1 aromatic heterocycles. The van der Waals surface area contributed by atoms with Crippen LogP contribution in [0.1, 0.15) is 12.0 Å². The number of ether oxygens (including phenoxy) is 1. The zero-order chi connectivity index (χ0) is 12.6. The molecule has 0 N–H and O–H groups in total. The molecule has 0 aliphatic heterocycles. The smallest absolute Gasteiger partial charge is 0.268 e. The molecule has 1 aromatic carbocycles. The minimum Gasteiger partial charge on any atom is -0.470 e. The molecule has 0 aliphatic rings. The molecule has 0 amide bonds. The molecule has 0 bridgehead atoms. The molecule has 0 atom stereocenters. The van der Waals surface area contributed by atoms with Gasteiger partial charge in [0.25, 0.3) is 5.17 Å². The fourth-order valence-corrected chi connectivity index (χ4v) is 1.63. The van der Waals surface area contributed by atoms with E-state index in [1.807, 2.05) is 18.2 Å². The molecule has 0 saturated heterocycles. The molecule has 0 fully saturated rings. The highest BCUT2D eigenvalue weighted by Crippen LogP contribution is 2.02. The zero-order valence-corrected chi connectivity index (χ0v) is 10.7. The largest absolute Gasteiger partial charge is 0.470 e. The van der Waals surface area contributed by atoms with Gasteiger partial charge >= 0.3 is 0 Å². The number of nitrogens with zero attached hydrogens (tertiary/aromatic N) is 2. The van der Waals surface area contributed by atoms with Gasteiger partial charge in [-0.15, -0.1) is 0 Å². The van der Waals surface area contributed by atoms with Crippen LogP contribution in [0.3, 0.4) is 0 Å². The van der Waals surface area contributed by atoms with E-state index in [9.17, 15) is 0 Å². The third kappa shape index (κ3) is 3.82. The van der Waals surface area contributed by atoms with Crippen LogP contribution in [0.25, 0.3) is 6.08 Å². The van der Waals surface area contributed by atoms with Crippen LogP contribution >= 0.6 is 12.2 Å². The molecule has 3 nitrogen and oxygen atoms in total. The van der Waals surface area contributed by atoms with Crippen LogP contribution in [0.4, 0.5) is 0 Å². The van der Waals surface area contributed by atoms with Gasteiger partial charge in [-0.2, -0.15) is 0 Å². The van der Waals surface area contributed by atoms with Crippen molar-refractivity contribution in [1.82, 2.24) is 9.55 Å². The van der Waals surface area contributed by atoms with E-state index in [4.69, 9.17) is 17.0 Å². The monoisotopic (exact) mass is 258 g/mol. The Bertz CT molecular complexity index is 506. The van der Waals surface area contributed by atoms with E-state index in [0.717, 1.165) is 6.42 Å². The lowest BCUT2D eigenvalue weighted by atomic mass is 10.2. The van der Waals surface area contributed by atoms with Gasteiger partial charge in [-0.1, -0.05) is 42.5 Å². The summed E-state index contributed by atoms with van der Waals surface area (Å²) < 4.78 is 7.10. The quantitative estimate of drug-likeness (QED) is 0.622. The van der Waals surface area contributed by atoms with Gasteiger partial charge in [-0.05, 0) is 24.2 Å². The Morgan fingerprint density at radius 3 is 2.89 bits per heavy atom. The van der Waals surface area contributed by atoms with Crippen molar-refractivity contribution in [2.24, 2.45) is 0 Å². The standard InChI is InChI=1S/C14H14N2OS/c18-14(16-10-9-15-12-16)17-11-5-4-8-13-6-2-1-3-7-13/h1-4,6-10,12H,5,11H2/b8-4+. The van der Waals surface area contributed by atoms with Crippen molar-refractivity contribution in [3.8, 4) is 0 Å². The second-order valence-corrected chi connectivity index (χ2v) is 4.04. The summed E-state index contributed by atoms with van der Waals surface area (Å²) in [7, 11) is 0. The summed E-state index contributed by atoms with van der Waals surface area (Å²) in [5.74, 6) is 0. The third-order valence-electron chi connectivity index (χ3n) is 2.34. The number of aromatic nitrogens is 2. The maximum Gasteiger partial charge on any atom is 0.268 e.